The zero-order valence-electron chi connectivity index (χ0n) is 11.2. The van der Waals surface area contributed by atoms with E-state index in [1.54, 1.807) is 0 Å². The van der Waals surface area contributed by atoms with Crippen LogP contribution in [0.3, 0.4) is 0 Å². The molecule has 0 amide bonds. The minimum atomic E-state index is -0.783. The fraction of sp³-hybridized carbons (Fsp3) is 0.375. The van der Waals surface area contributed by atoms with Crippen LogP contribution in [0.2, 0.25) is 0 Å². The van der Waals surface area contributed by atoms with Gasteiger partial charge in [0.15, 0.2) is 0 Å². The monoisotopic (exact) mass is 244 g/mol. The Bertz CT molecular complexity index is 464. The maximum atomic E-state index is 10.4. The van der Waals surface area contributed by atoms with E-state index in [4.69, 9.17) is 4.74 Å². The Morgan fingerprint density at radius 1 is 1.22 bits per heavy atom. The zero-order chi connectivity index (χ0) is 13.2. The number of hydrogen-bond donors (Lipinski definition) is 1. The summed E-state index contributed by atoms with van der Waals surface area (Å²) in [6.45, 7) is 5.86. The van der Waals surface area contributed by atoms with E-state index in [9.17, 15) is 5.11 Å². The van der Waals surface area contributed by atoms with Crippen molar-refractivity contribution in [2.24, 2.45) is 0 Å². The highest BCUT2D eigenvalue weighted by atomic mass is 16.5. The quantitative estimate of drug-likeness (QED) is 0.880. The van der Waals surface area contributed by atoms with Crippen LogP contribution in [0.15, 0.2) is 42.5 Å². The molecule has 0 aliphatic heterocycles. The van der Waals surface area contributed by atoms with Crippen LogP contribution < -0.4 is 4.74 Å². The first-order chi connectivity index (χ1) is 8.49. The van der Waals surface area contributed by atoms with Crippen LogP contribution >= 0.6 is 0 Å². The van der Waals surface area contributed by atoms with Gasteiger partial charge in [0.25, 0.3) is 0 Å². The Morgan fingerprint density at radius 2 is 1.89 bits per heavy atom. The smallest absolute Gasteiger partial charge is 0.119 e. The second-order valence-corrected chi connectivity index (χ2v) is 5.18. The molecule has 1 N–H and O–H groups in total. The third-order valence-electron chi connectivity index (χ3n) is 3.03. The average molecular weight is 244 g/mol. The van der Waals surface area contributed by atoms with Gasteiger partial charge in [0.2, 0.25) is 0 Å². The summed E-state index contributed by atoms with van der Waals surface area (Å²) in [4.78, 5) is 0. The number of rotatable bonds is 3. The fourth-order valence-corrected chi connectivity index (χ4v) is 2.14. The van der Waals surface area contributed by atoms with Crippen molar-refractivity contribution >= 4 is 5.57 Å². The molecule has 0 saturated carbocycles. The molecule has 0 bridgehead atoms. The van der Waals surface area contributed by atoms with Crippen LogP contribution in [0.5, 0.6) is 5.75 Å². The van der Waals surface area contributed by atoms with Crippen molar-refractivity contribution in [1.29, 1.82) is 0 Å². The lowest BCUT2D eigenvalue weighted by Crippen LogP contribution is -2.26. The number of allylic oxidation sites excluding steroid dienone is 2. The molecule has 0 radical (unpaired) electrons. The van der Waals surface area contributed by atoms with Crippen LogP contribution in [-0.4, -0.2) is 16.8 Å². The summed E-state index contributed by atoms with van der Waals surface area (Å²) in [5.41, 5.74) is 1.22. The first-order valence-corrected chi connectivity index (χ1v) is 6.36. The first kappa shape index (κ1) is 12.9. The van der Waals surface area contributed by atoms with Crippen LogP contribution in [0.4, 0.5) is 0 Å². The van der Waals surface area contributed by atoms with Gasteiger partial charge in [0.1, 0.15) is 5.75 Å². The Labute approximate surface area is 109 Å². The Morgan fingerprint density at radius 3 is 2.44 bits per heavy atom. The first-order valence-electron chi connectivity index (χ1n) is 6.36. The summed E-state index contributed by atoms with van der Waals surface area (Å²) >= 11 is 0. The van der Waals surface area contributed by atoms with Crippen LogP contribution in [0.1, 0.15) is 32.8 Å². The molecule has 2 heteroatoms. The maximum absolute atomic E-state index is 10.4. The standard InChI is InChI=1S/C16H20O2/c1-12(2)18-14-9-7-13(8-10-14)15-6-4-5-11-16(15,3)17/h4-10,12,17H,11H2,1-3H3. The van der Waals surface area contributed by atoms with Crippen molar-refractivity contribution in [3.63, 3.8) is 0 Å². The van der Waals surface area contributed by atoms with Crippen molar-refractivity contribution in [3.05, 3.63) is 48.1 Å². The molecule has 0 heterocycles. The van der Waals surface area contributed by atoms with Crippen LogP contribution in [-0.2, 0) is 0 Å². The molecule has 1 aromatic rings. The molecule has 18 heavy (non-hydrogen) atoms. The topological polar surface area (TPSA) is 29.5 Å². The van der Waals surface area contributed by atoms with Gasteiger partial charge in [-0.05, 0) is 50.5 Å². The fourth-order valence-electron chi connectivity index (χ4n) is 2.14. The maximum Gasteiger partial charge on any atom is 0.119 e. The lowest BCUT2D eigenvalue weighted by Gasteiger charge is -2.28. The van der Waals surface area contributed by atoms with Gasteiger partial charge in [-0.2, -0.15) is 0 Å². The Hall–Kier alpha value is -1.54. The van der Waals surface area contributed by atoms with Gasteiger partial charge in [0, 0.05) is 0 Å². The van der Waals surface area contributed by atoms with E-state index in [-0.39, 0.29) is 6.10 Å². The van der Waals surface area contributed by atoms with Gasteiger partial charge >= 0.3 is 0 Å². The molecule has 1 aliphatic carbocycles. The van der Waals surface area contributed by atoms with Crippen molar-refractivity contribution in [3.8, 4) is 5.75 Å². The number of hydrogen-bond acceptors (Lipinski definition) is 2. The molecule has 0 saturated heterocycles. The molecule has 0 fully saturated rings. The predicted octanol–water partition coefficient (Wildman–Crippen LogP) is 3.57. The molecule has 1 unspecified atom stereocenters. The van der Waals surface area contributed by atoms with Gasteiger partial charge in [-0.3, -0.25) is 0 Å². The molecule has 96 valence electrons. The highest BCUT2D eigenvalue weighted by molar-refractivity contribution is 5.74. The highest BCUT2D eigenvalue weighted by Crippen LogP contribution is 2.33. The van der Waals surface area contributed by atoms with E-state index < -0.39 is 5.60 Å². The molecule has 2 rings (SSSR count). The van der Waals surface area contributed by atoms with E-state index >= 15 is 0 Å². The van der Waals surface area contributed by atoms with E-state index in [1.807, 2.05) is 63.3 Å². The molecule has 2 nitrogen and oxygen atoms in total. The van der Waals surface area contributed by atoms with E-state index in [0.717, 1.165) is 16.9 Å². The van der Waals surface area contributed by atoms with Crippen molar-refractivity contribution < 1.29 is 9.84 Å². The second-order valence-electron chi connectivity index (χ2n) is 5.18. The van der Waals surface area contributed by atoms with Gasteiger partial charge in [0.05, 0.1) is 11.7 Å². The SMILES string of the molecule is CC(C)Oc1ccc(C2=CC=CCC2(C)O)cc1. The number of benzene rings is 1. The van der Waals surface area contributed by atoms with Crippen molar-refractivity contribution in [2.45, 2.75) is 38.9 Å². The second kappa shape index (κ2) is 4.99. The lowest BCUT2D eigenvalue weighted by molar-refractivity contribution is 0.125. The van der Waals surface area contributed by atoms with Gasteiger partial charge < -0.3 is 9.84 Å². The molecule has 1 aliphatic rings. The molecule has 1 atom stereocenters. The summed E-state index contributed by atoms with van der Waals surface area (Å²) < 4.78 is 5.61. The zero-order valence-corrected chi connectivity index (χ0v) is 11.2. The Balaban J connectivity index is 2.24. The summed E-state index contributed by atoms with van der Waals surface area (Å²) in [5.74, 6) is 0.861. The minimum Gasteiger partial charge on any atom is -0.491 e. The van der Waals surface area contributed by atoms with E-state index in [2.05, 4.69) is 0 Å². The van der Waals surface area contributed by atoms with E-state index in [1.165, 1.54) is 0 Å². The van der Waals surface area contributed by atoms with Crippen LogP contribution in [0.25, 0.3) is 5.57 Å². The Kier molecular flexibility index (Phi) is 3.58. The third-order valence-corrected chi connectivity index (χ3v) is 3.03. The van der Waals surface area contributed by atoms with Crippen molar-refractivity contribution in [2.75, 3.05) is 0 Å². The summed E-state index contributed by atoms with van der Waals surface area (Å²) in [5, 5.41) is 10.4. The summed E-state index contributed by atoms with van der Waals surface area (Å²) in [6, 6.07) is 7.89. The normalized spacial score (nSPS) is 23.1. The van der Waals surface area contributed by atoms with E-state index in [0.29, 0.717) is 6.42 Å². The molecular formula is C16H20O2. The van der Waals surface area contributed by atoms with Gasteiger partial charge in [-0.25, -0.2) is 0 Å². The summed E-state index contributed by atoms with van der Waals surface area (Å²) in [7, 11) is 0. The number of ether oxygens (including phenoxy) is 1. The van der Waals surface area contributed by atoms with Gasteiger partial charge in [-0.1, -0.05) is 30.4 Å². The minimum absolute atomic E-state index is 0.177. The highest BCUT2D eigenvalue weighted by Gasteiger charge is 2.26. The number of aliphatic hydroxyl groups is 1. The van der Waals surface area contributed by atoms with Crippen molar-refractivity contribution in [1.82, 2.24) is 0 Å². The molecule has 0 aromatic heterocycles. The average Bonchev–Trinajstić information content (AvgIpc) is 2.29. The molecular weight excluding hydrogens is 224 g/mol. The lowest BCUT2D eigenvalue weighted by atomic mass is 9.84. The van der Waals surface area contributed by atoms with Gasteiger partial charge in [-0.15, -0.1) is 0 Å². The largest absolute Gasteiger partial charge is 0.491 e. The summed E-state index contributed by atoms with van der Waals surface area (Å²) in [6.07, 6.45) is 6.78. The third kappa shape index (κ3) is 2.82. The molecule has 0 spiro atoms. The van der Waals surface area contributed by atoms with Crippen LogP contribution in [0, 0.1) is 0 Å². The molecule has 1 aromatic carbocycles. The predicted molar refractivity (Wildman–Crippen MR) is 74.6 cm³/mol.